The smallest absolute Gasteiger partial charge is 0.244 e. The van der Waals surface area contributed by atoms with Gasteiger partial charge in [-0.1, -0.05) is 17.7 Å². The lowest BCUT2D eigenvalue weighted by molar-refractivity contribution is -0.121. The SMILES string of the molecule is CCOc1cc(/C=C\C(=O)NCCC(=O)NCc2cccnc2)cc(Cl)c1OC. The number of nitrogens with one attached hydrogen (secondary N) is 2. The van der Waals surface area contributed by atoms with Crippen molar-refractivity contribution in [2.24, 2.45) is 0 Å². The van der Waals surface area contributed by atoms with Crippen molar-refractivity contribution in [2.75, 3.05) is 20.3 Å². The van der Waals surface area contributed by atoms with Crippen molar-refractivity contribution in [1.82, 2.24) is 15.6 Å². The van der Waals surface area contributed by atoms with Gasteiger partial charge in [0.1, 0.15) is 0 Å². The van der Waals surface area contributed by atoms with Crippen molar-refractivity contribution in [2.45, 2.75) is 19.9 Å². The molecule has 0 saturated heterocycles. The van der Waals surface area contributed by atoms with E-state index in [1.165, 1.54) is 13.2 Å². The molecule has 7 nitrogen and oxygen atoms in total. The van der Waals surface area contributed by atoms with Gasteiger partial charge in [0.25, 0.3) is 0 Å². The predicted molar refractivity (Wildman–Crippen MR) is 112 cm³/mol. The van der Waals surface area contributed by atoms with E-state index in [2.05, 4.69) is 15.6 Å². The van der Waals surface area contributed by atoms with Gasteiger partial charge in [0, 0.05) is 38.0 Å². The van der Waals surface area contributed by atoms with E-state index in [1.807, 2.05) is 13.0 Å². The molecule has 0 aliphatic rings. The Morgan fingerprint density at radius 1 is 1.28 bits per heavy atom. The molecular formula is C21H24ClN3O4. The molecular weight excluding hydrogens is 394 g/mol. The Bertz CT molecular complexity index is 857. The third-order valence-corrected chi connectivity index (χ3v) is 4.11. The summed E-state index contributed by atoms with van der Waals surface area (Å²) in [4.78, 5) is 27.8. The number of carbonyl (C=O) groups is 2. The van der Waals surface area contributed by atoms with E-state index < -0.39 is 0 Å². The van der Waals surface area contributed by atoms with E-state index >= 15 is 0 Å². The number of pyridine rings is 1. The number of nitrogens with zero attached hydrogens (tertiary/aromatic N) is 1. The largest absolute Gasteiger partial charge is 0.491 e. The molecule has 0 aliphatic heterocycles. The minimum atomic E-state index is -0.310. The first-order chi connectivity index (χ1) is 14.0. The summed E-state index contributed by atoms with van der Waals surface area (Å²) < 4.78 is 10.7. The number of carbonyl (C=O) groups excluding carboxylic acids is 2. The summed E-state index contributed by atoms with van der Waals surface area (Å²) in [5.41, 5.74) is 1.61. The van der Waals surface area contributed by atoms with Gasteiger partial charge in [-0.25, -0.2) is 0 Å². The van der Waals surface area contributed by atoms with Gasteiger partial charge in [-0.05, 0) is 42.3 Å². The van der Waals surface area contributed by atoms with Crippen molar-refractivity contribution >= 4 is 29.5 Å². The molecule has 0 bridgehead atoms. The second kappa shape index (κ2) is 11.7. The molecule has 1 heterocycles. The van der Waals surface area contributed by atoms with Gasteiger partial charge in [0.05, 0.1) is 18.7 Å². The number of hydrogen-bond donors (Lipinski definition) is 2. The number of benzene rings is 1. The Kier molecular flexibility index (Phi) is 8.98. The highest BCUT2D eigenvalue weighted by atomic mass is 35.5. The molecule has 2 amide bonds. The maximum absolute atomic E-state index is 12.0. The van der Waals surface area contributed by atoms with Crippen LogP contribution in [0.1, 0.15) is 24.5 Å². The van der Waals surface area contributed by atoms with Crippen molar-refractivity contribution < 1.29 is 19.1 Å². The highest BCUT2D eigenvalue weighted by molar-refractivity contribution is 6.32. The number of hydrogen-bond acceptors (Lipinski definition) is 5. The minimum absolute atomic E-state index is 0.151. The number of rotatable bonds is 10. The summed E-state index contributed by atoms with van der Waals surface area (Å²) in [6.45, 7) is 2.95. The minimum Gasteiger partial charge on any atom is -0.491 e. The molecule has 29 heavy (non-hydrogen) atoms. The van der Waals surface area contributed by atoms with Gasteiger partial charge in [-0.2, -0.15) is 0 Å². The third-order valence-electron chi connectivity index (χ3n) is 3.83. The van der Waals surface area contributed by atoms with Crippen LogP contribution in [0.25, 0.3) is 6.08 Å². The maximum Gasteiger partial charge on any atom is 0.244 e. The molecule has 0 atom stereocenters. The Hall–Kier alpha value is -3.06. The number of halogens is 1. The van der Waals surface area contributed by atoms with Crippen LogP contribution in [0.5, 0.6) is 11.5 Å². The molecule has 0 aliphatic carbocycles. The molecule has 2 aromatic rings. The molecule has 1 aromatic heterocycles. The third kappa shape index (κ3) is 7.46. The fourth-order valence-electron chi connectivity index (χ4n) is 2.47. The van der Waals surface area contributed by atoms with Crippen LogP contribution in [0.2, 0.25) is 5.02 Å². The van der Waals surface area contributed by atoms with Crippen LogP contribution in [-0.2, 0) is 16.1 Å². The van der Waals surface area contributed by atoms with E-state index in [0.717, 1.165) is 5.56 Å². The summed E-state index contributed by atoms with van der Waals surface area (Å²) >= 11 is 6.19. The van der Waals surface area contributed by atoms with Gasteiger partial charge >= 0.3 is 0 Å². The molecule has 2 rings (SSSR count). The summed E-state index contributed by atoms with van der Waals surface area (Å²) in [6, 6.07) is 7.10. The van der Waals surface area contributed by atoms with E-state index in [-0.39, 0.29) is 24.8 Å². The standard InChI is InChI=1S/C21H24ClN3O4/c1-3-29-18-12-15(11-17(22)21(18)28-2)6-7-19(26)24-10-8-20(27)25-14-16-5-4-9-23-13-16/h4-7,9,11-13H,3,8,10,14H2,1-2H3,(H,24,26)(H,25,27)/b7-6-. The first kappa shape index (κ1) is 22.2. The molecule has 0 fully saturated rings. The van der Waals surface area contributed by atoms with Gasteiger partial charge in [0.2, 0.25) is 11.8 Å². The van der Waals surface area contributed by atoms with Crippen LogP contribution in [0, 0.1) is 0 Å². The maximum atomic E-state index is 12.0. The summed E-state index contributed by atoms with van der Waals surface area (Å²) in [7, 11) is 1.51. The Morgan fingerprint density at radius 3 is 2.79 bits per heavy atom. The Morgan fingerprint density at radius 2 is 2.10 bits per heavy atom. The van der Waals surface area contributed by atoms with Crippen molar-refractivity contribution in [3.63, 3.8) is 0 Å². The fraction of sp³-hybridized carbons (Fsp3) is 0.286. The lowest BCUT2D eigenvalue weighted by Crippen LogP contribution is -2.29. The highest BCUT2D eigenvalue weighted by Crippen LogP contribution is 2.36. The number of amides is 2. The number of ether oxygens (including phenoxy) is 2. The quantitative estimate of drug-likeness (QED) is 0.580. The van der Waals surface area contributed by atoms with E-state index in [4.69, 9.17) is 21.1 Å². The second-order valence-electron chi connectivity index (χ2n) is 5.98. The fourth-order valence-corrected chi connectivity index (χ4v) is 2.76. The van der Waals surface area contributed by atoms with Crippen LogP contribution < -0.4 is 20.1 Å². The van der Waals surface area contributed by atoms with Gasteiger partial charge < -0.3 is 20.1 Å². The average molecular weight is 418 g/mol. The van der Waals surface area contributed by atoms with Gasteiger partial charge in [-0.15, -0.1) is 0 Å². The van der Waals surface area contributed by atoms with Crippen LogP contribution in [0.15, 0.2) is 42.7 Å². The average Bonchev–Trinajstić information content (AvgIpc) is 2.72. The zero-order chi connectivity index (χ0) is 21.1. The molecule has 1 aromatic carbocycles. The highest BCUT2D eigenvalue weighted by Gasteiger charge is 2.10. The molecule has 0 unspecified atom stereocenters. The van der Waals surface area contributed by atoms with Crippen LogP contribution in [0.3, 0.4) is 0 Å². The molecule has 2 N–H and O–H groups in total. The Balaban J connectivity index is 1.80. The lowest BCUT2D eigenvalue weighted by atomic mass is 10.2. The van der Waals surface area contributed by atoms with Crippen LogP contribution in [-0.4, -0.2) is 37.1 Å². The zero-order valence-corrected chi connectivity index (χ0v) is 17.2. The molecule has 154 valence electrons. The van der Waals surface area contributed by atoms with E-state index in [1.54, 1.807) is 36.7 Å². The van der Waals surface area contributed by atoms with Gasteiger partial charge in [0.15, 0.2) is 11.5 Å². The summed E-state index contributed by atoms with van der Waals surface area (Å²) in [6.07, 6.45) is 6.54. The van der Waals surface area contributed by atoms with E-state index in [0.29, 0.717) is 35.2 Å². The predicted octanol–water partition coefficient (Wildman–Crippen LogP) is 2.98. The first-order valence-electron chi connectivity index (χ1n) is 9.15. The van der Waals surface area contributed by atoms with Crippen molar-refractivity contribution in [1.29, 1.82) is 0 Å². The van der Waals surface area contributed by atoms with Crippen LogP contribution in [0.4, 0.5) is 0 Å². The lowest BCUT2D eigenvalue weighted by Gasteiger charge is -2.11. The molecule has 0 radical (unpaired) electrons. The zero-order valence-electron chi connectivity index (χ0n) is 16.4. The van der Waals surface area contributed by atoms with Gasteiger partial charge in [-0.3, -0.25) is 14.6 Å². The second-order valence-corrected chi connectivity index (χ2v) is 6.39. The first-order valence-corrected chi connectivity index (χ1v) is 9.53. The van der Waals surface area contributed by atoms with Crippen molar-refractivity contribution in [3.05, 3.63) is 58.9 Å². The normalized spacial score (nSPS) is 10.6. The topological polar surface area (TPSA) is 89.5 Å². The van der Waals surface area contributed by atoms with E-state index in [9.17, 15) is 9.59 Å². The molecule has 0 saturated carbocycles. The van der Waals surface area contributed by atoms with Crippen LogP contribution >= 0.6 is 11.6 Å². The Labute approximate surface area is 175 Å². The number of aromatic nitrogens is 1. The number of methoxy groups -OCH3 is 1. The monoisotopic (exact) mass is 417 g/mol. The molecule has 0 spiro atoms. The summed E-state index contributed by atoms with van der Waals surface area (Å²) in [5.74, 6) is 0.497. The summed E-state index contributed by atoms with van der Waals surface area (Å²) in [5, 5.41) is 5.84. The molecule has 8 heteroatoms. The van der Waals surface area contributed by atoms with Crippen molar-refractivity contribution in [3.8, 4) is 11.5 Å².